The predicted octanol–water partition coefficient (Wildman–Crippen LogP) is 4.16. The lowest BCUT2D eigenvalue weighted by atomic mass is 10.1. The number of ether oxygens (including phenoxy) is 1. The van der Waals surface area contributed by atoms with Gasteiger partial charge in [0.1, 0.15) is 10.5 Å². The summed E-state index contributed by atoms with van der Waals surface area (Å²) >= 11 is 1.74. The molecule has 2 rings (SSSR count). The Hall–Kier alpha value is -0.800. The molecule has 2 atom stereocenters. The van der Waals surface area contributed by atoms with Crippen LogP contribution >= 0.6 is 11.8 Å². The number of hydrogen-bond acceptors (Lipinski definition) is 3. The van der Waals surface area contributed by atoms with E-state index in [4.69, 9.17) is 9.73 Å². The highest BCUT2D eigenvalue weighted by molar-refractivity contribution is 8.14. The lowest BCUT2D eigenvalue weighted by Gasteiger charge is -2.32. The fourth-order valence-electron chi connectivity index (χ4n) is 1.77. The molecule has 0 aromatic heterocycles. The third-order valence-corrected chi connectivity index (χ3v) is 4.33. The molecule has 0 N–H and O–H groups in total. The molecule has 2 nitrogen and oxygen atoms in total. The van der Waals surface area contributed by atoms with Gasteiger partial charge in [-0.1, -0.05) is 69.8 Å². The molecule has 1 heterocycles. The van der Waals surface area contributed by atoms with Gasteiger partial charge in [-0.3, -0.25) is 0 Å². The Morgan fingerprint density at radius 3 is 2.28 bits per heavy atom. The first-order chi connectivity index (χ1) is 8.58. The summed E-state index contributed by atoms with van der Waals surface area (Å²) in [7, 11) is 0. The second-order valence-electron chi connectivity index (χ2n) is 5.30. The van der Waals surface area contributed by atoms with Gasteiger partial charge in [0.15, 0.2) is 6.23 Å². The van der Waals surface area contributed by atoms with Crippen molar-refractivity contribution < 1.29 is 4.74 Å². The van der Waals surface area contributed by atoms with Crippen LogP contribution in [0.15, 0.2) is 35.3 Å². The van der Waals surface area contributed by atoms with E-state index in [1.165, 1.54) is 5.56 Å². The van der Waals surface area contributed by atoms with E-state index in [1.807, 2.05) is 6.07 Å². The van der Waals surface area contributed by atoms with Gasteiger partial charge in [0.25, 0.3) is 0 Å². The van der Waals surface area contributed by atoms with Gasteiger partial charge in [-0.15, -0.1) is 0 Å². The minimum absolute atomic E-state index is 0.0196. The Bertz CT molecular complexity index is 414. The summed E-state index contributed by atoms with van der Waals surface area (Å²) in [6.45, 7) is 8.71. The van der Waals surface area contributed by atoms with Gasteiger partial charge in [-0.2, -0.15) is 0 Å². The molecule has 0 fully saturated rings. The van der Waals surface area contributed by atoms with E-state index in [1.54, 1.807) is 11.8 Å². The maximum absolute atomic E-state index is 6.04. The third-order valence-electron chi connectivity index (χ3n) is 2.88. The lowest BCUT2D eigenvalue weighted by molar-refractivity contribution is -0.00770. The Labute approximate surface area is 114 Å². The number of rotatable bonds is 3. The van der Waals surface area contributed by atoms with Gasteiger partial charge in [-0.05, 0) is 5.92 Å². The zero-order valence-electron chi connectivity index (χ0n) is 11.5. The van der Waals surface area contributed by atoms with Crippen molar-refractivity contribution in [3.8, 4) is 0 Å². The molecule has 0 saturated heterocycles. The normalized spacial score (nSPS) is 24.4. The van der Waals surface area contributed by atoms with Gasteiger partial charge in [-0.25, -0.2) is 4.99 Å². The molecular formula is C15H21NOS. The topological polar surface area (TPSA) is 21.6 Å². The zero-order chi connectivity index (χ0) is 13.1. The summed E-state index contributed by atoms with van der Waals surface area (Å²) in [6, 6.07) is 10.4. The minimum Gasteiger partial charge on any atom is -0.342 e. The first kappa shape index (κ1) is 13.6. The number of thioether (sulfide) groups is 1. The summed E-state index contributed by atoms with van der Waals surface area (Å²) in [4.78, 5) is 4.74. The number of hydrogen-bond donors (Lipinski definition) is 0. The summed E-state index contributed by atoms with van der Waals surface area (Å²) in [6.07, 6.45) is -0.0196. The predicted molar refractivity (Wildman–Crippen MR) is 78.9 cm³/mol. The SMILES string of the molecule is CC(C)C1N=C(c2ccccc2)SC(C(C)C)O1. The van der Waals surface area contributed by atoms with Crippen molar-refractivity contribution in [1.29, 1.82) is 0 Å². The molecule has 0 amide bonds. The van der Waals surface area contributed by atoms with Crippen LogP contribution in [0.4, 0.5) is 0 Å². The first-order valence-electron chi connectivity index (χ1n) is 6.53. The Kier molecular flexibility index (Phi) is 4.46. The molecule has 0 aliphatic carbocycles. The van der Waals surface area contributed by atoms with Crippen LogP contribution in [0, 0.1) is 11.8 Å². The molecule has 18 heavy (non-hydrogen) atoms. The summed E-state index contributed by atoms with van der Waals surface area (Å²) in [5.74, 6) is 0.899. The molecule has 1 aliphatic rings. The van der Waals surface area contributed by atoms with E-state index in [9.17, 15) is 0 Å². The minimum atomic E-state index is -0.0196. The molecule has 0 radical (unpaired) electrons. The van der Waals surface area contributed by atoms with E-state index in [-0.39, 0.29) is 11.7 Å². The Morgan fingerprint density at radius 2 is 1.72 bits per heavy atom. The molecule has 0 bridgehead atoms. The average Bonchev–Trinajstić information content (AvgIpc) is 2.39. The van der Waals surface area contributed by atoms with E-state index < -0.39 is 0 Å². The summed E-state index contributed by atoms with van der Waals surface area (Å²) in [5, 5.41) is 1.11. The number of nitrogens with zero attached hydrogens (tertiary/aromatic N) is 1. The highest BCUT2D eigenvalue weighted by Gasteiger charge is 2.29. The van der Waals surface area contributed by atoms with E-state index in [0.717, 1.165) is 5.04 Å². The van der Waals surface area contributed by atoms with Crippen LogP contribution in [0.3, 0.4) is 0 Å². The van der Waals surface area contributed by atoms with E-state index >= 15 is 0 Å². The smallest absolute Gasteiger partial charge is 0.153 e. The van der Waals surface area contributed by atoms with Crippen molar-refractivity contribution in [3.63, 3.8) is 0 Å². The molecule has 0 saturated carbocycles. The van der Waals surface area contributed by atoms with Gasteiger partial charge >= 0.3 is 0 Å². The second kappa shape index (κ2) is 5.89. The molecule has 2 unspecified atom stereocenters. The van der Waals surface area contributed by atoms with Crippen LogP contribution in [0.2, 0.25) is 0 Å². The van der Waals surface area contributed by atoms with E-state index in [2.05, 4.69) is 52.0 Å². The third kappa shape index (κ3) is 3.15. The van der Waals surface area contributed by atoms with Gasteiger partial charge in [0.2, 0.25) is 0 Å². The van der Waals surface area contributed by atoms with Crippen molar-refractivity contribution in [3.05, 3.63) is 35.9 Å². The van der Waals surface area contributed by atoms with Crippen LogP contribution in [0.25, 0.3) is 0 Å². The molecular weight excluding hydrogens is 242 g/mol. The van der Waals surface area contributed by atoms with Crippen LogP contribution in [-0.4, -0.2) is 16.7 Å². The van der Waals surface area contributed by atoms with Crippen molar-refractivity contribution in [2.45, 2.75) is 39.4 Å². The van der Waals surface area contributed by atoms with Crippen LogP contribution in [-0.2, 0) is 4.74 Å². The monoisotopic (exact) mass is 263 g/mol. The zero-order valence-corrected chi connectivity index (χ0v) is 12.3. The Balaban J connectivity index is 2.27. The Morgan fingerprint density at radius 1 is 1.06 bits per heavy atom. The quantitative estimate of drug-likeness (QED) is 0.816. The van der Waals surface area contributed by atoms with Crippen molar-refractivity contribution in [2.24, 2.45) is 16.8 Å². The maximum Gasteiger partial charge on any atom is 0.153 e. The molecule has 0 spiro atoms. The lowest BCUT2D eigenvalue weighted by Crippen LogP contribution is -2.32. The molecule has 98 valence electrons. The molecule has 3 heteroatoms. The fourth-order valence-corrected chi connectivity index (χ4v) is 2.87. The van der Waals surface area contributed by atoms with Gasteiger partial charge in [0.05, 0.1) is 0 Å². The molecule has 1 aromatic carbocycles. The summed E-state index contributed by atoms with van der Waals surface area (Å²) < 4.78 is 6.04. The number of aliphatic imine (C=N–C) groups is 1. The number of benzene rings is 1. The van der Waals surface area contributed by atoms with Crippen LogP contribution in [0.1, 0.15) is 33.3 Å². The summed E-state index contributed by atoms with van der Waals surface area (Å²) in [5.41, 5.74) is 1.40. The molecule has 1 aromatic rings. The van der Waals surface area contributed by atoms with Crippen LogP contribution in [0.5, 0.6) is 0 Å². The average molecular weight is 263 g/mol. The maximum atomic E-state index is 6.04. The van der Waals surface area contributed by atoms with Gasteiger partial charge in [0, 0.05) is 11.5 Å². The highest BCUT2D eigenvalue weighted by atomic mass is 32.2. The van der Waals surface area contributed by atoms with Crippen molar-refractivity contribution in [2.75, 3.05) is 0 Å². The second-order valence-corrected chi connectivity index (χ2v) is 6.39. The molecule has 1 aliphatic heterocycles. The highest BCUT2D eigenvalue weighted by Crippen LogP contribution is 2.33. The van der Waals surface area contributed by atoms with Gasteiger partial charge < -0.3 is 4.74 Å². The standard InChI is InChI=1S/C15H21NOS/c1-10(2)13-16-14(12-8-6-5-7-9-12)18-15(17-13)11(3)4/h5-11,13,15H,1-4H3. The van der Waals surface area contributed by atoms with Crippen molar-refractivity contribution in [1.82, 2.24) is 0 Å². The van der Waals surface area contributed by atoms with Crippen molar-refractivity contribution >= 4 is 16.8 Å². The largest absolute Gasteiger partial charge is 0.342 e. The van der Waals surface area contributed by atoms with E-state index in [0.29, 0.717) is 11.8 Å². The fraction of sp³-hybridized carbons (Fsp3) is 0.533. The first-order valence-corrected chi connectivity index (χ1v) is 7.41. The van der Waals surface area contributed by atoms with Crippen LogP contribution < -0.4 is 0 Å².